The molecular weight excluding hydrogens is 925 g/mol. The molecule has 0 spiro atoms. The number of aliphatic hydroxyl groups is 1. The van der Waals surface area contributed by atoms with Gasteiger partial charge in [-0.05, 0) is 29.7 Å². The fourth-order valence-corrected chi connectivity index (χ4v) is 6.21. The van der Waals surface area contributed by atoms with Gasteiger partial charge in [0.25, 0.3) is 5.56 Å². The molecule has 388 valence electrons. The summed E-state index contributed by atoms with van der Waals surface area (Å²) < 4.78 is 116. The van der Waals surface area contributed by atoms with Crippen molar-refractivity contribution in [2.75, 3.05) is 183 Å². The molecule has 1 atom stereocenters. The maximum atomic E-state index is 13.6. The number of aromatic nitrogens is 1. The number of alkyl halides is 3. The number of nitrogens with zero attached hydrogens (tertiary/aromatic N) is 1. The van der Waals surface area contributed by atoms with Gasteiger partial charge < -0.3 is 76.4 Å². The Morgan fingerprint density at radius 3 is 1.49 bits per heavy atom. The van der Waals surface area contributed by atoms with Crippen LogP contribution in [0.3, 0.4) is 0 Å². The van der Waals surface area contributed by atoms with E-state index in [1.165, 1.54) is 41.3 Å². The molecule has 0 aliphatic carbocycles. The normalized spacial score (nSPS) is 14.0. The van der Waals surface area contributed by atoms with Gasteiger partial charge in [-0.2, -0.15) is 13.2 Å². The number of aliphatic hydroxyl groups excluding tert-OH is 1. The number of halogens is 3. The van der Waals surface area contributed by atoms with Crippen molar-refractivity contribution < 1.29 is 94.2 Å². The first-order valence-electron chi connectivity index (χ1n) is 22.7. The number of benzene rings is 2. The van der Waals surface area contributed by atoms with Gasteiger partial charge in [0.2, 0.25) is 0 Å². The van der Waals surface area contributed by atoms with Crippen LogP contribution in [0.1, 0.15) is 5.56 Å². The topological polar surface area (TPSA) is 220 Å². The first-order valence-corrected chi connectivity index (χ1v) is 22.7. The number of rotatable bonds is 41. The van der Waals surface area contributed by atoms with Gasteiger partial charge in [-0.1, -0.05) is 24.3 Å². The minimum Gasteiger partial charge on any atom is -0.460 e. The largest absolute Gasteiger partial charge is 0.460 e. The second-order valence-corrected chi connectivity index (χ2v) is 14.6. The van der Waals surface area contributed by atoms with Crippen molar-refractivity contribution in [3.63, 3.8) is 0 Å². The Bertz CT molecular complexity index is 1930. The summed E-state index contributed by atoms with van der Waals surface area (Å²) in [5.74, 6) is -0.664. The number of anilines is 1. The van der Waals surface area contributed by atoms with Gasteiger partial charge in [-0.25, -0.2) is 9.59 Å². The summed E-state index contributed by atoms with van der Waals surface area (Å²) in [5, 5.41) is 9.14. The van der Waals surface area contributed by atoms with Crippen molar-refractivity contribution in [2.45, 2.75) is 12.3 Å². The van der Waals surface area contributed by atoms with E-state index in [0.717, 1.165) is 6.07 Å². The van der Waals surface area contributed by atoms with E-state index < -0.39 is 35.5 Å². The molecule has 2 N–H and O–H groups in total. The molecular formula is C46H65F3N2O18. The number of esters is 1. The van der Waals surface area contributed by atoms with Gasteiger partial charge in [0.15, 0.2) is 6.10 Å². The molecule has 2 aromatic carbocycles. The molecule has 1 aliphatic heterocycles. The lowest BCUT2D eigenvalue weighted by Gasteiger charge is -2.15. The third-order valence-electron chi connectivity index (χ3n) is 9.52. The van der Waals surface area contributed by atoms with Crippen LogP contribution in [0.2, 0.25) is 0 Å². The number of cyclic esters (lactones) is 1. The molecule has 1 aromatic heterocycles. The summed E-state index contributed by atoms with van der Waals surface area (Å²) in [5.41, 5.74) is -1.35. The zero-order chi connectivity index (χ0) is 49.2. The monoisotopic (exact) mass is 990 g/mol. The van der Waals surface area contributed by atoms with E-state index in [0.29, 0.717) is 150 Å². The molecule has 3 aromatic rings. The second-order valence-electron chi connectivity index (χ2n) is 14.6. The SMILES string of the molecule is O=C(COCCOCCOCCOCCOCCOCCOCCOCCOCCOCCOCCOCCO)OC[C@@H]1CN(c2ccc3cc(-c4ccccc4C(F)(F)F)[nH]c(=O)c3c2)C(=O)O1. The van der Waals surface area contributed by atoms with E-state index >= 15 is 0 Å². The van der Waals surface area contributed by atoms with Crippen LogP contribution in [0.5, 0.6) is 0 Å². The van der Waals surface area contributed by atoms with Crippen LogP contribution in [-0.4, -0.2) is 207 Å². The van der Waals surface area contributed by atoms with Gasteiger partial charge in [0, 0.05) is 22.3 Å². The standard InChI is InChI=1S/C46H65F3N2O18/c47-46(48,49)41-4-2-1-3-39(41)42-31-36-5-6-37(32-40(36)44(54)50-42)51-33-38(69-45(51)55)34-68-43(53)35-67-30-29-66-28-27-65-26-25-64-24-23-63-22-21-62-20-19-61-18-17-60-16-15-59-14-13-58-12-11-57-10-9-56-8-7-52/h1-6,31-32,38,52H,7-30,33-35H2,(H,50,54)/t38-/m0/s1. The summed E-state index contributed by atoms with van der Waals surface area (Å²) >= 11 is 0. The summed E-state index contributed by atoms with van der Waals surface area (Å²) in [7, 11) is 0. The maximum absolute atomic E-state index is 13.6. The van der Waals surface area contributed by atoms with Crippen LogP contribution >= 0.6 is 0 Å². The van der Waals surface area contributed by atoms with Crippen molar-refractivity contribution >= 4 is 28.5 Å². The summed E-state index contributed by atoms with van der Waals surface area (Å²) in [4.78, 5) is 41.6. The first-order chi connectivity index (χ1) is 33.7. The van der Waals surface area contributed by atoms with Gasteiger partial charge >= 0.3 is 18.2 Å². The Morgan fingerprint density at radius 2 is 1.04 bits per heavy atom. The van der Waals surface area contributed by atoms with Crippen molar-refractivity contribution in [3.8, 4) is 11.3 Å². The van der Waals surface area contributed by atoms with E-state index in [-0.39, 0.29) is 56.2 Å². The molecule has 20 nitrogen and oxygen atoms in total. The molecule has 1 aliphatic rings. The number of ether oxygens (including phenoxy) is 14. The zero-order valence-electron chi connectivity index (χ0n) is 38.8. The van der Waals surface area contributed by atoms with Gasteiger partial charge in [-0.15, -0.1) is 0 Å². The predicted molar refractivity (Wildman–Crippen MR) is 240 cm³/mol. The molecule has 1 amide bonds. The molecule has 0 radical (unpaired) electrons. The number of hydrogen-bond acceptors (Lipinski definition) is 18. The Labute approximate surface area is 398 Å². The molecule has 0 saturated carbocycles. The number of nitrogens with one attached hydrogen (secondary N) is 1. The number of H-pyrrole nitrogens is 1. The lowest BCUT2D eigenvalue weighted by molar-refractivity contribution is -0.151. The molecule has 2 heterocycles. The zero-order valence-corrected chi connectivity index (χ0v) is 38.8. The Balaban J connectivity index is 0.870. The minimum atomic E-state index is -4.62. The van der Waals surface area contributed by atoms with Crippen LogP contribution < -0.4 is 10.5 Å². The number of aromatic amines is 1. The molecule has 0 unspecified atom stereocenters. The van der Waals surface area contributed by atoms with Gasteiger partial charge in [0.05, 0.1) is 171 Å². The summed E-state index contributed by atoms with van der Waals surface area (Å²) in [6, 6.07) is 10.9. The Hall–Kier alpha value is -4.34. The Kier molecular flexibility index (Phi) is 28.9. The maximum Gasteiger partial charge on any atom is 0.417 e. The van der Waals surface area contributed by atoms with E-state index in [4.69, 9.17) is 71.4 Å². The lowest BCUT2D eigenvalue weighted by atomic mass is 10.0. The van der Waals surface area contributed by atoms with Crippen LogP contribution in [0.25, 0.3) is 22.0 Å². The molecule has 1 fully saturated rings. The lowest BCUT2D eigenvalue weighted by Crippen LogP contribution is -2.27. The number of carbonyl (C=O) groups excluding carboxylic acids is 2. The van der Waals surface area contributed by atoms with Gasteiger partial charge in [0.1, 0.15) is 13.2 Å². The fourth-order valence-electron chi connectivity index (χ4n) is 6.21. The van der Waals surface area contributed by atoms with Crippen LogP contribution in [0.4, 0.5) is 23.7 Å². The molecule has 4 rings (SSSR count). The average molecular weight is 991 g/mol. The number of pyridine rings is 1. The van der Waals surface area contributed by atoms with Crippen molar-refractivity contribution in [2.24, 2.45) is 0 Å². The second kappa shape index (κ2) is 34.9. The highest BCUT2D eigenvalue weighted by Gasteiger charge is 2.35. The predicted octanol–water partition coefficient (Wildman–Crippen LogP) is 3.27. The Morgan fingerprint density at radius 1 is 0.609 bits per heavy atom. The molecule has 0 bridgehead atoms. The van der Waals surface area contributed by atoms with E-state index in [1.54, 1.807) is 6.07 Å². The molecule has 1 saturated heterocycles. The number of carbonyl (C=O) groups is 2. The smallest absolute Gasteiger partial charge is 0.417 e. The molecule has 69 heavy (non-hydrogen) atoms. The first kappa shape index (κ1) is 57.2. The van der Waals surface area contributed by atoms with Crippen LogP contribution in [0.15, 0.2) is 53.3 Å². The van der Waals surface area contributed by atoms with Crippen LogP contribution in [-0.2, 0) is 77.3 Å². The number of hydrogen-bond donors (Lipinski definition) is 2. The fraction of sp³-hybridized carbons (Fsp3) is 0.630. The minimum absolute atomic E-state index is 0.00345. The van der Waals surface area contributed by atoms with E-state index in [9.17, 15) is 27.6 Å². The third-order valence-corrected chi connectivity index (χ3v) is 9.52. The summed E-state index contributed by atoms with van der Waals surface area (Å²) in [6.45, 7) is 8.90. The third kappa shape index (κ3) is 23.9. The van der Waals surface area contributed by atoms with Gasteiger partial charge in [-0.3, -0.25) is 9.69 Å². The average Bonchev–Trinajstić information content (AvgIpc) is 3.72. The van der Waals surface area contributed by atoms with E-state index in [2.05, 4.69) is 4.98 Å². The number of amides is 1. The highest BCUT2D eigenvalue weighted by atomic mass is 19.4. The van der Waals surface area contributed by atoms with Crippen molar-refractivity contribution in [3.05, 3.63) is 64.4 Å². The van der Waals surface area contributed by atoms with Crippen LogP contribution in [0, 0.1) is 0 Å². The van der Waals surface area contributed by atoms with E-state index in [1.807, 2.05) is 0 Å². The highest BCUT2D eigenvalue weighted by Crippen LogP contribution is 2.37. The highest BCUT2D eigenvalue weighted by molar-refractivity contribution is 5.95. The molecule has 23 heteroatoms. The van der Waals surface area contributed by atoms with Crippen molar-refractivity contribution in [1.29, 1.82) is 0 Å². The number of fused-ring (bicyclic) bond motifs is 1. The summed E-state index contributed by atoms with van der Waals surface area (Å²) in [6.07, 6.45) is -6.12. The van der Waals surface area contributed by atoms with Crippen molar-refractivity contribution in [1.82, 2.24) is 4.98 Å². The quantitative estimate of drug-likeness (QED) is 0.0616.